The van der Waals surface area contributed by atoms with Crippen molar-refractivity contribution in [1.29, 1.82) is 0 Å². The summed E-state index contributed by atoms with van der Waals surface area (Å²) in [5, 5.41) is 6.38. The second kappa shape index (κ2) is 4.46. The van der Waals surface area contributed by atoms with E-state index in [9.17, 15) is 17.6 Å². The van der Waals surface area contributed by atoms with Crippen molar-refractivity contribution >= 4 is 6.01 Å². The van der Waals surface area contributed by atoms with Crippen LogP contribution in [0, 0.1) is 5.82 Å². The third-order valence-corrected chi connectivity index (χ3v) is 2.86. The molecular weight excluding hydrogens is 278 g/mol. The molecule has 0 bridgehead atoms. The average molecular weight is 287 g/mol. The molecule has 1 aromatic carbocycles. The van der Waals surface area contributed by atoms with Crippen molar-refractivity contribution < 1.29 is 22.1 Å². The Hall–Kier alpha value is -2.12. The monoisotopic (exact) mass is 287 g/mol. The molecule has 0 spiro atoms. The molecule has 1 fully saturated rings. The Morgan fingerprint density at radius 1 is 1.25 bits per heavy atom. The Morgan fingerprint density at radius 2 is 2.00 bits per heavy atom. The van der Waals surface area contributed by atoms with Crippen LogP contribution in [0.2, 0.25) is 0 Å². The number of rotatable bonds is 3. The molecule has 0 unspecified atom stereocenters. The molecule has 8 heteroatoms. The molecular formula is C12H9F4N3O. The van der Waals surface area contributed by atoms with Crippen LogP contribution in [0.1, 0.15) is 18.4 Å². The quantitative estimate of drug-likeness (QED) is 0.878. The van der Waals surface area contributed by atoms with Gasteiger partial charge in [0, 0.05) is 11.6 Å². The number of alkyl halides is 3. The van der Waals surface area contributed by atoms with Crippen molar-refractivity contribution in [3.63, 3.8) is 0 Å². The van der Waals surface area contributed by atoms with Crippen molar-refractivity contribution in [1.82, 2.24) is 10.1 Å². The lowest BCUT2D eigenvalue weighted by Gasteiger charge is -2.10. The summed E-state index contributed by atoms with van der Waals surface area (Å²) >= 11 is 0. The number of benzene rings is 1. The van der Waals surface area contributed by atoms with E-state index in [0.717, 1.165) is 25.0 Å². The minimum Gasteiger partial charge on any atom is -0.335 e. The first-order valence-electron chi connectivity index (χ1n) is 5.91. The van der Waals surface area contributed by atoms with E-state index in [1.165, 1.54) is 0 Å². The smallest absolute Gasteiger partial charge is 0.335 e. The van der Waals surface area contributed by atoms with Gasteiger partial charge in [-0.05, 0) is 31.0 Å². The summed E-state index contributed by atoms with van der Waals surface area (Å²) in [7, 11) is 0. The molecule has 4 nitrogen and oxygen atoms in total. The predicted octanol–water partition coefficient (Wildman–Crippen LogP) is 3.47. The Morgan fingerprint density at radius 3 is 2.65 bits per heavy atom. The van der Waals surface area contributed by atoms with Gasteiger partial charge in [0.25, 0.3) is 0 Å². The van der Waals surface area contributed by atoms with Crippen LogP contribution < -0.4 is 5.32 Å². The molecule has 1 N–H and O–H groups in total. The van der Waals surface area contributed by atoms with Gasteiger partial charge in [-0.15, -0.1) is 0 Å². The largest absolute Gasteiger partial charge is 0.417 e. The number of hydrogen-bond donors (Lipinski definition) is 1. The van der Waals surface area contributed by atoms with E-state index < -0.39 is 17.6 Å². The van der Waals surface area contributed by atoms with Gasteiger partial charge in [-0.2, -0.15) is 18.2 Å². The van der Waals surface area contributed by atoms with Gasteiger partial charge in [-0.25, -0.2) is 4.39 Å². The first-order chi connectivity index (χ1) is 9.43. The Bertz CT molecular complexity index is 634. The fourth-order valence-electron chi connectivity index (χ4n) is 1.74. The van der Waals surface area contributed by atoms with Crippen molar-refractivity contribution in [2.24, 2.45) is 0 Å². The molecule has 0 atom stereocenters. The lowest BCUT2D eigenvalue weighted by atomic mass is 10.1. The zero-order valence-electron chi connectivity index (χ0n) is 10.0. The maximum Gasteiger partial charge on any atom is 0.417 e. The molecule has 0 amide bonds. The molecule has 20 heavy (non-hydrogen) atoms. The molecule has 106 valence electrons. The van der Waals surface area contributed by atoms with E-state index in [-0.39, 0.29) is 23.4 Å². The Labute approximate surface area is 110 Å². The first kappa shape index (κ1) is 12.9. The second-order valence-corrected chi connectivity index (χ2v) is 4.53. The first-order valence-corrected chi connectivity index (χ1v) is 5.91. The molecule has 1 aliphatic rings. The van der Waals surface area contributed by atoms with Gasteiger partial charge >= 0.3 is 12.2 Å². The topological polar surface area (TPSA) is 51.0 Å². The van der Waals surface area contributed by atoms with Crippen molar-refractivity contribution in [2.45, 2.75) is 25.1 Å². The summed E-state index contributed by atoms with van der Waals surface area (Å²) < 4.78 is 56.5. The van der Waals surface area contributed by atoms with Gasteiger partial charge in [-0.1, -0.05) is 5.16 Å². The van der Waals surface area contributed by atoms with Crippen LogP contribution in [0.15, 0.2) is 22.7 Å². The average Bonchev–Trinajstić information content (AvgIpc) is 3.05. The van der Waals surface area contributed by atoms with Gasteiger partial charge in [-0.3, -0.25) is 0 Å². The highest BCUT2D eigenvalue weighted by molar-refractivity contribution is 5.61. The van der Waals surface area contributed by atoms with Gasteiger partial charge in [0.15, 0.2) is 0 Å². The lowest BCUT2D eigenvalue weighted by molar-refractivity contribution is -0.137. The lowest BCUT2D eigenvalue weighted by Crippen LogP contribution is -2.08. The SMILES string of the molecule is Fc1ccc(-c2noc(NC3CC3)n2)c(C(F)(F)F)c1. The second-order valence-electron chi connectivity index (χ2n) is 4.53. The fourth-order valence-corrected chi connectivity index (χ4v) is 1.74. The number of halogens is 4. The van der Waals surface area contributed by atoms with Gasteiger partial charge < -0.3 is 9.84 Å². The molecule has 1 aromatic heterocycles. The molecule has 1 heterocycles. The normalized spacial score (nSPS) is 15.4. The molecule has 0 radical (unpaired) electrons. The van der Waals surface area contributed by atoms with E-state index >= 15 is 0 Å². The molecule has 1 aliphatic carbocycles. The summed E-state index contributed by atoms with van der Waals surface area (Å²) in [6.07, 6.45) is -2.77. The fraction of sp³-hybridized carbons (Fsp3) is 0.333. The highest BCUT2D eigenvalue weighted by Crippen LogP contribution is 2.37. The standard InChI is InChI=1S/C12H9F4N3O/c13-6-1-4-8(9(5-6)12(14,15)16)10-18-11(20-19-10)17-7-2-3-7/h1,4-5,7H,2-3H2,(H,17,18,19). The number of aromatic nitrogens is 2. The van der Waals surface area contributed by atoms with Crippen molar-refractivity contribution in [3.05, 3.63) is 29.6 Å². The zero-order chi connectivity index (χ0) is 14.3. The van der Waals surface area contributed by atoms with Gasteiger partial charge in [0.1, 0.15) is 5.82 Å². The third kappa shape index (κ3) is 2.59. The number of anilines is 1. The van der Waals surface area contributed by atoms with E-state index in [0.29, 0.717) is 6.07 Å². The summed E-state index contributed by atoms with van der Waals surface area (Å²) in [6, 6.07) is 2.64. The van der Waals surface area contributed by atoms with Crippen LogP contribution in [0.4, 0.5) is 23.6 Å². The number of hydrogen-bond acceptors (Lipinski definition) is 4. The molecule has 0 saturated heterocycles. The highest BCUT2D eigenvalue weighted by atomic mass is 19.4. The van der Waals surface area contributed by atoms with E-state index in [2.05, 4.69) is 15.5 Å². The predicted molar refractivity (Wildman–Crippen MR) is 61.3 cm³/mol. The van der Waals surface area contributed by atoms with Crippen LogP contribution in [0.5, 0.6) is 0 Å². The van der Waals surface area contributed by atoms with Crippen molar-refractivity contribution in [3.8, 4) is 11.4 Å². The van der Waals surface area contributed by atoms with E-state index in [1.54, 1.807) is 0 Å². The molecule has 1 saturated carbocycles. The summed E-state index contributed by atoms with van der Waals surface area (Å²) in [5.74, 6) is -1.19. The number of nitrogens with one attached hydrogen (secondary N) is 1. The van der Waals surface area contributed by atoms with Crippen LogP contribution in [-0.4, -0.2) is 16.2 Å². The maximum absolute atomic E-state index is 13.0. The van der Waals surface area contributed by atoms with Crippen LogP contribution in [-0.2, 0) is 6.18 Å². The Balaban J connectivity index is 1.98. The van der Waals surface area contributed by atoms with Crippen LogP contribution in [0.25, 0.3) is 11.4 Å². The summed E-state index contributed by atoms with van der Waals surface area (Å²) in [6.45, 7) is 0. The van der Waals surface area contributed by atoms with E-state index in [1.807, 2.05) is 0 Å². The van der Waals surface area contributed by atoms with Crippen LogP contribution in [0.3, 0.4) is 0 Å². The minimum atomic E-state index is -4.69. The van der Waals surface area contributed by atoms with Gasteiger partial charge in [0.05, 0.1) is 5.56 Å². The highest BCUT2D eigenvalue weighted by Gasteiger charge is 2.35. The van der Waals surface area contributed by atoms with Crippen LogP contribution >= 0.6 is 0 Å². The number of nitrogens with zero attached hydrogens (tertiary/aromatic N) is 2. The minimum absolute atomic E-state index is 0.0694. The summed E-state index contributed by atoms with van der Waals surface area (Å²) in [5.41, 5.74) is -1.44. The zero-order valence-corrected chi connectivity index (χ0v) is 10.0. The maximum atomic E-state index is 13.0. The molecule has 0 aliphatic heterocycles. The van der Waals surface area contributed by atoms with E-state index in [4.69, 9.17) is 4.52 Å². The van der Waals surface area contributed by atoms with Gasteiger partial charge in [0.2, 0.25) is 5.82 Å². The van der Waals surface area contributed by atoms with Crippen molar-refractivity contribution in [2.75, 3.05) is 5.32 Å². The molecule has 3 rings (SSSR count). The third-order valence-electron chi connectivity index (χ3n) is 2.86. The summed E-state index contributed by atoms with van der Waals surface area (Å²) in [4.78, 5) is 3.85. The molecule has 2 aromatic rings. The Kier molecular flexibility index (Phi) is 2.88.